The van der Waals surface area contributed by atoms with E-state index in [4.69, 9.17) is 0 Å². The maximum Gasteiger partial charge on any atom is 0.387 e. The van der Waals surface area contributed by atoms with E-state index < -0.39 is 28.8 Å². The Morgan fingerprint density at radius 3 is 2.47 bits per heavy atom. The van der Waals surface area contributed by atoms with Gasteiger partial charge < -0.3 is 4.74 Å². The molecule has 0 N–H and O–H groups in total. The molecule has 0 aliphatic heterocycles. The first kappa shape index (κ1) is 11.3. The second-order valence-electron chi connectivity index (χ2n) is 2.71. The van der Waals surface area contributed by atoms with Crippen LogP contribution >= 0.6 is 0 Å². The van der Waals surface area contributed by atoms with Crippen LogP contribution in [-0.2, 0) is 0 Å². The number of nitro benzene ring substituents is 1. The topological polar surface area (TPSA) is 52.4 Å². The second kappa shape index (κ2) is 4.16. The third kappa shape index (κ3) is 2.58. The van der Waals surface area contributed by atoms with E-state index in [1.54, 1.807) is 0 Å². The molecule has 0 aromatic heterocycles. The van der Waals surface area contributed by atoms with Crippen LogP contribution in [0, 0.1) is 22.9 Å². The number of alkyl halides is 2. The van der Waals surface area contributed by atoms with E-state index in [1.807, 2.05) is 0 Å². The van der Waals surface area contributed by atoms with E-state index in [0.29, 0.717) is 6.07 Å². The summed E-state index contributed by atoms with van der Waals surface area (Å²) in [5.41, 5.74) is -0.813. The fourth-order valence-corrected chi connectivity index (χ4v) is 1.11. The van der Waals surface area contributed by atoms with Gasteiger partial charge in [0.25, 0.3) is 0 Å². The number of hydrogen-bond acceptors (Lipinski definition) is 3. The lowest BCUT2D eigenvalue weighted by Crippen LogP contribution is -2.04. The zero-order valence-corrected chi connectivity index (χ0v) is 7.54. The lowest BCUT2D eigenvalue weighted by molar-refractivity contribution is -0.388. The van der Waals surface area contributed by atoms with Gasteiger partial charge in [0.05, 0.1) is 4.92 Å². The maximum absolute atomic E-state index is 13.0. The fraction of sp³-hybridized carbons (Fsp3) is 0.250. The Bertz CT molecular complexity index is 372. The van der Waals surface area contributed by atoms with Gasteiger partial charge in [-0.1, -0.05) is 0 Å². The summed E-state index contributed by atoms with van der Waals surface area (Å²) >= 11 is 0. The Morgan fingerprint density at radius 2 is 2.07 bits per heavy atom. The highest BCUT2D eigenvalue weighted by molar-refractivity contribution is 5.45. The van der Waals surface area contributed by atoms with Crippen LogP contribution in [0.25, 0.3) is 0 Å². The molecule has 0 saturated carbocycles. The van der Waals surface area contributed by atoms with E-state index >= 15 is 0 Å². The summed E-state index contributed by atoms with van der Waals surface area (Å²) in [7, 11) is 0. The van der Waals surface area contributed by atoms with Crippen molar-refractivity contribution in [2.75, 3.05) is 0 Å². The number of hydrogen-bond donors (Lipinski definition) is 0. The van der Waals surface area contributed by atoms with Crippen molar-refractivity contribution < 1.29 is 22.8 Å². The van der Waals surface area contributed by atoms with Gasteiger partial charge in [-0.3, -0.25) is 10.1 Å². The minimum absolute atomic E-state index is 0.0735. The quantitative estimate of drug-likeness (QED) is 0.582. The van der Waals surface area contributed by atoms with Crippen LogP contribution in [0.15, 0.2) is 12.1 Å². The van der Waals surface area contributed by atoms with Crippen molar-refractivity contribution in [2.45, 2.75) is 13.5 Å². The first-order valence-electron chi connectivity index (χ1n) is 3.81. The zero-order chi connectivity index (χ0) is 11.6. The standard InChI is InChI=1S/C8H6F3NO3/c1-4-2-5(15-8(10)11)3-6(9)7(4)12(13)14/h2-3,8H,1H3. The van der Waals surface area contributed by atoms with Gasteiger partial charge >= 0.3 is 12.3 Å². The summed E-state index contributed by atoms with van der Waals surface area (Å²) in [5, 5.41) is 10.4. The highest BCUT2D eigenvalue weighted by Crippen LogP contribution is 2.27. The number of rotatable bonds is 3. The van der Waals surface area contributed by atoms with Gasteiger partial charge in [-0.15, -0.1) is 0 Å². The van der Waals surface area contributed by atoms with Crippen LogP contribution in [0.1, 0.15) is 5.56 Å². The molecular weight excluding hydrogens is 215 g/mol. The number of aryl methyl sites for hydroxylation is 1. The minimum Gasteiger partial charge on any atom is -0.435 e. The third-order valence-corrected chi connectivity index (χ3v) is 1.64. The lowest BCUT2D eigenvalue weighted by atomic mass is 10.2. The van der Waals surface area contributed by atoms with Gasteiger partial charge in [0.15, 0.2) is 0 Å². The fourth-order valence-electron chi connectivity index (χ4n) is 1.11. The Morgan fingerprint density at radius 1 is 1.47 bits per heavy atom. The van der Waals surface area contributed by atoms with Gasteiger partial charge in [0, 0.05) is 11.6 Å². The Labute approximate surface area is 82.4 Å². The smallest absolute Gasteiger partial charge is 0.387 e. The third-order valence-electron chi connectivity index (χ3n) is 1.64. The normalized spacial score (nSPS) is 10.5. The molecule has 1 aromatic carbocycles. The Hall–Kier alpha value is -1.79. The van der Waals surface area contributed by atoms with Crippen molar-refractivity contribution in [1.29, 1.82) is 0 Å². The highest BCUT2D eigenvalue weighted by Gasteiger charge is 2.20. The Balaban J connectivity index is 3.14. The second-order valence-corrected chi connectivity index (χ2v) is 2.71. The molecule has 4 nitrogen and oxygen atoms in total. The zero-order valence-electron chi connectivity index (χ0n) is 7.54. The van der Waals surface area contributed by atoms with Crippen LogP contribution in [0.2, 0.25) is 0 Å². The predicted octanol–water partition coefficient (Wildman–Crippen LogP) is 2.64. The molecule has 15 heavy (non-hydrogen) atoms. The first-order valence-corrected chi connectivity index (χ1v) is 3.81. The summed E-state index contributed by atoms with van der Waals surface area (Å²) in [6.45, 7) is -1.86. The highest BCUT2D eigenvalue weighted by atomic mass is 19.3. The van der Waals surface area contributed by atoms with Gasteiger partial charge in [0.2, 0.25) is 5.82 Å². The molecule has 0 atom stereocenters. The molecule has 0 amide bonds. The Kier molecular flexibility index (Phi) is 3.13. The molecule has 1 rings (SSSR count). The van der Waals surface area contributed by atoms with Crippen LogP contribution in [-0.4, -0.2) is 11.5 Å². The van der Waals surface area contributed by atoms with Crippen molar-refractivity contribution in [2.24, 2.45) is 0 Å². The predicted molar refractivity (Wildman–Crippen MR) is 44.4 cm³/mol. The maximum atomic E-state index is 13.0. The molecule has 0 fully saturated rings. The van der Waals surface area contributed by atoms with Crippen molar-refractivity contribution in [3.8, 4) is 5.75 Å². The van der Waals surface area contributed by atoms with Crippen molar-refractivity contribution in [3.63, 3.8) is 0 Å². The van der Waals surface area contributed by atoms with Crippen molar-refractivity contribution in [3.05, 3.63) is 33.6 Å². The molecule has 0 heterocycles. The number of benzene rings is 1. The summed E-state index contributed by atoms with van der Waals surface area (Å²) in [6.07, 6.45) is 0. The first-order chi connectivity index (χ1) is 6.91. The van der Waals surface area contributed by atoms with Crippen molar-refractivity contribution >= 4 is 5.69 Å². The van der Waals surface area contributed by atoms with E-state index in [0.717, 1.165) is 6.07 Å². The number of nitro groups is 1. The molecular formula is C8H6F3NO3. The van der Waals surface area contributed by atoms with Gasteiger partial charge in [0.1, 0.15) is 5.75 Å². The largest absolute Gasteiger partial charge is 0.435 e. The molecule has 0 aliphatic carbocycles. The van der Waals surface area contributed by atoms with Crippen molar-refractivity contribution in [1.82, 2.24) is 0 Å². The van der Waals surface area contributed by atoms with E-state index in [2.05, 4.69) is 4.74 Å². The number of ether oxygens (including phenoxy) is 1. The van der Waals surface area contributed by atoms with Crippen LogP contribution < -0.4 is 4.74 Å². The molecule has 0 unspecified atom stereocenters. The molecule has 7 heteroatoms. The average molecular weight is 221 g/mol. The SMILES string of the molecule is Cc1cc(OC(F)F)cc(F)c1[N+](=O)[O-]. The molecule has 0 saturated heterocycles. The van der Waals surface area contributed by atoms with Gasteiger partial charge in [-0.2, -0.15) is 13.2 Å². The molecule has 0 radical (unpaired) electrons. The van der Waals surface area contributed by atoms with Gasteiger partial charge in [-0.25, -0.2) is 0 Å². The van der Waals surface area contributed by atoms with Crippen LogP contribution in [0.4, 0.5) is 18.9 Å². The monoisotopic (exact) mass is 221 g/mol. The summed E-state index contributed by atoms with van der Waals surface area (Å²) < 4.78 is 40.5. The minimum atomic E-state index is -3.09. The molecule has 82 valence electrons. The van der Waals surface area contributed by atoms with Crippen LogP contribution in [0.5, 0.6) is 5.75 Å². The summed E-state index contributed by atoms with van der Waals surface area (Å²) in [4.78, 5) is 9.43. The van der Waals surface area contributed by atoms with Gasteiger partial charge in [-0.05, 0) is 13.0 Å². The van der Waals surface area contributed by atoms with E-state index in [9.17, 15) is 23.3 Å². The summed E-state index contributed by atoms with van der Waals surface area (Å²) in [5.74, 6) is -1.64. The van der Waals surface area contributed by atoms with E-state index in [-0.39, 0.29) is 5.56 Å². The summed E-state index contributed by atoms with van der Waals surface area (Å²) in [6, 6.07) is 1.53. The lowest BCUT2D eigenvalue weighted by Gasteiger charge is -2.05. The van der Waals surface area contributed by atoms with Crippen LogP contribution in [0.3, 0.4) is 0 Å². The molecule has 0 aliphatic rings. The molecule has 1 aromatic rings. The molecule has 0 bridgehead atoms. The van der Waals surface area contributed by atoms with E-state index in [1.165, 1.54) is 6.92 Å². The number of nitrogens with zero attached hydrogens (tertiary/aromatic N) is 1. The average Bonchev–Trinajstić information content (AvgIpc) is 1.99. The molecule has 0 spiro atoms. The number of halogens is 3.